The Balaban J connectivity index is 2.47. The lowest BCUT2D eigenvalue weighted by molar-refractivity contribution is 1.10. The van der Waals surface area contributed by atoms with Gasteiger partial charge in [-0.15, -0.1) is 0 Å². The van der Waals surface area contributed by atoms with E-state index in [-0.39, 0.29) is 5.57 Å². The van der Waals surface area contributed by atoms with Crippen LogP contribution in [0.4, 0.5) is 0 Å². The van der Waals surface area contributed by atoms with Crippen LogP contribution in [0, 0.1) is 22.7 Å². The molecule has 0 aliphatic heterocycles. The molecule has 1 aromatic carbocycles. The highest BCUT2D eigenvalue weighted by Gasteiger charge is 2.06. The largest absolute Gasteiger partial charge is 0.277 e. The average Bonchev–Trinajstić information content (AvgIpc) is 2.85. The van der Waals surface area contributed by atoms with Gasteiger partial charge >= 0.3 is 0 Å². The maximum absolute atomic E-state index is 8.75. The molecule has 0 saturated carbocycles. The van der Waals surface area contributed by atoms with Crippen LogP contribution in [-0.2, 0) is 0 Å². The summed E-state index contributed by atoms with van der Waals surface area (Å²) in [6, 6.07) is 11.3. The Morgan fingerprint density at radius 3 is 2.50 bits per heavy atom. The number of rotatable bonds is 2. The second-order valence-electron chi connectivity index (χ2n) is 3.49. The lowest BCUT2D eigenvalue weighted by Crippen LogP contribution is -1.82. The van der Waals surface area contributed by atoms with E-state index in [0.717, 1.165) is 21.3 Å². The van der Waals surface area contributed by atoms with Crippen LogP contribution in [0.2, 0.25) is 0 Å². The Bertz CT molecular complexity index is 652. The van der Waals surface area contributed by atoms with Gasteiger partial charge in [-0.1, -0.05) is 28.1 Å². The van der Waals surface area contributed by atoms with Gasteiger partial charge in [0.1, 0.15) is 17.7 Å². The van der Waals surface area contributed by atoms with Crippen LogP contribution in [-0.4, -0.2) is 10.2 Å². The fourth-order valence-corrected chi connectivity index (χ4v) is 1.76. The standard InChI is InChI=1S/C13H7BrN4/c14-12-3-1-10(2-4-12)13-11(8-17-18-13)5-9(6-15)7-16/h1-5,8H,(H,17,18). The fraction of sp³-hybridized carbons (Fsp3) is 0. The van der Waals surface area contributed by atoms with Crippen LogP contribution in [0.1, 0.15) is 5.56 Å². The number of nitriles is 2. The summed E-state index contributed by atoms with van der Waals surface area (Å²) in [5.41, 5.74) is 2.49. The van der Waals surface area contributed by atoms with Gasteiger partial charge in [0.15, 0.2) is 0 Å². The lowest BCUT2D eigenvalue weighted by Gasteiger charge is -1.99. The first-order chi connectivity index (χ1) is 8.74. The van der Waals surface area contributed by atoms with Crippen molar-refractivity contribution in [1.82, 2.24) is 10.2 Å². The van der Waals surface area contributed by atoms with Crippen LogP contribution in [0.5, 0.6) is 0 Å². The third-order valence-corrected chi connectivity index (χ3v) is 2.87. The Kier molecular flexibility index (Phi) is 3.57. The number of halogens is 1. The Morgan fingerprint density at radius 2 is 1.89 bits per heavy atom. The van der Waals surface area contributed by atoms with Gasteiger partial charge in [-0.05, 0) is 18.2 Å². The molecule has 0 saturated heterocycles. The molecule has 2 aromatic rings. The first kappa shape index (κ1) is 12.1. The molecular weight excluding hydrogens is 292 g/mol. The summed E-state index contributed by atoms with van der Waals surface area (Å²) in [5, 5.41) is 24.3. The molecule has 1 N–H and O–H groups in total. The number of nitrogens with one attached hydrogen (secondary N) is 1. The normalized spacial score (nSPS) is 9.28. The van der Waals surface area contributed by atoms with Gasteiger partial charge in [0.05, 0.1) is 11.9 Å². The molecule has 0 fully saturated rings. The number of nitrogens with zero attached hydrogens (tertiary/aromatic N) is 3. The number of hydrogen-bond acceptors (Lipinski definition) is 3. The van der Waals surface area contributed by atoms with Crippen molar-refractivity contribution in [1.29, 1.82) is 10.5 Å². The maximum Gasteiger partial charge on any atom is 0.130 e. The summed E-state index contributed by atoms with van der Waals surface area (Å²) in [6.07, 6.45) is 3.10. The highest BCUT2D eigenvalue weighted by atomic mass is 79.9. The van der Waals surface area contributed by atoms with Crippen molar-refractivity contribution in [2.75, 3.05) is 0 Å². The Morgan fingerprint density at radius 1 is 1.22 bits per heavy atom. The molecule has 2 rings (SSSR count). The van der Waals surface area contributed by atoms with Crippen LogP contribution < -0.4 is 0 Å². The minimum Gasteiger partial charge on any atom is -0.277 e. The molecule has 0 spiro atoms. The van der Waals surface area contributed by atoms with E-state index in [1.165, 1.54) is 6.08 Å². The van der Waals surface area contributed by atoms with Crippen molar-refractivity contribution in [2.45, 2.75) is 0 Å². The SMILES string of the molecule is N#CC(C#N)=Cc1cn[nH]c1-c1ccc(Br)cc1. The number of aromatic amines is 1. The molecule has 0 amide bonds. The zero-order chi connectivity index (χ0) is 13.0. The second-order valence-corrected chi connectivity index (χ2v) is 4.40. The number of H-pyrrole nitrogens is 1. The molecule has 0 aliphatic rings. The predicted octanol–water partition coefficient (Wildman–Crippen LogP) is 3.27. The monoisotopic (exact) mass is 298 g/mol. The van der Waals surface area contributed by atoms with Gasteiger partial charge in [-0.2, -0.15) is 15.6 Å². The van der Waals surface area contributed by atoms with E-state index in [2.05, 4.69) is 26.1 Å². The topological polar surface area (TPSA) is 76.3 Å². The highest BCUT2D eigenvalue weighted by molar-refractivity contribution is 9.10. The van der Waals surface area contributed by atoms with Gasteiger partial charge in [-0.3, -0.25) is 5.10 Å². The molecule has 0 aliphatic carbocycles. The predicted molar refractivity (Wildman–Crippen MR) is 70.9 cm³/mol. The van der Waals surface area contributed by atoms with Crippen LogP contribution >= 0.6 is 15.9 Å². The molecule has 18 heavy (non-hydrogen) atoms. The maximum atomic E-state index is 8.75. The first-order valence-electron chi connectivity index (χ1n) is 5.06. The molecule has 5 heteroatoms. The number of hydrogen-bond donors (Lipinski definition) is 1. The van der Waals surface area contributed by atoms with Crippen LogP contribution in [0.25, 0.3) is 17.3 Å². The van der Waals surface area contributed by atoms with Gasteiger partial charge in [0.2, 0.25) is 0 Å². The van der Waals surface area contributed by atoms with Gasteiger partial charge in [-0.25, -0.2) is 0 Å². The Labute approximate surface area is 112 Å². The van der Waals surface area contributed by atoms with Crippen molar-refractivity contribution in [2.24, 2.45) is 0 Å². The van der Waals surface area contributed by atoms with Crippen molar-refractivity contribution in [3.63, 3.8) is 0 Å². The van der Waals surface area contributed by atoms with Crippen molar-refractivity contribution < 1.29 is 0 Å². The summed E-state index contributed by atoms with van der Waals surface area (Å²) in [5.74, 6) is 0. The number of allylic oxidation sites excluding steroid dienone is 1. The summed E-state index contributed by atoms with van der Waals surface area (Å²) in [4.78, 5) is 0. The van der Waals surface area contributed by atoms with Crippen LogP contribution in [0.3, 0.4) is 0 Å². The van der Waals surface area contributed by atoms with E-state index in [4.69, 9.17) is 10.5 Å². The van der Waals surface area contributed by atoms with Gasteiger partial charge in [0, 0.05) is 15.6 Å². The summed E-state index contributed by atoms with van der Waals surface area (Å²) in [7, 11) is 0. The molecule has 0 radical (unpaired) electrons. The molecule has 0 unspecified atom stereocenters. The molecule has 4 nitrogen and oxygen atoms in total. The van der Waals surface area contributed by atoms with Crippen molar-refractivity contribution in [3.8, 4) is 23.4 Å². The third-order valence-electron chi connectivity index (χ3n) is 2.34. The van der Waals surface area contributed by atoms with E-state index in [1.807, 2.05) is 36.4 Å². The average molecular weight is 299 g/mol. The summed E-state index contributed by atoms with van der Waals surface area (Å²) in [6.45, 7) is 0. The smallest absolute Gasteiger partial charge is 0.130 e. The second kappa shape index (κ2) is 5.31. The Hall–Kier alpha value is -2.37. The quantitative estimate of drug-likeness (QED) is 0.865. The molecule has 1 aromatic heterocycles. The fourth-order valence-electron chi connectivity index (χ4n) is 1.50. The number of aromatic nitrogens is 2. The molecule has 1 heterocycles. The van der Waals surface area contributed by atoms with E-state index < -0.39 is 0 Å². The van der Waals surface area contributed by atoms with Crippen LogP contribution in [0.15, 0.2) is 40.5 Å². The van der Waals surface area contributed by atoms with E-state index in [0.29, 0.717) is 0 Å². The van der Waals surface area contributed by atoms with E-state index in [1.54, 1.807) is 6.20 Å². The minimum atomic E-state index is 0.0507. The zero-order valence-electron chi connectivity index (χ0n) is 9.18. The molecular formula is C13H7BrN4. The van der Waals surface area contributed by atoms with Gasteiger partial charge in [0.25, 0.3) is 0 Å². The zero-order valence-corrected chi connectivity index (χ0v) is 10.8. The van der Waals surface area contributed by atoms with Crippen molar-refractivity contribution in [3.05, 3.63) is 46.1 Å². The third kappa shape index (κ3) is 2.48. The first-order valence-corrected chi connectivity index (χ1v) is 5.85. The summed E-state index contributed by atoms with van der Waals surface area (Å²) < 4.78 is 0.984. The van der Waals surface area contributed by atoms with E-state index in [9.17, 15) is 0 Å². The van der Waals surface area contributed by atoms with E-state index >= 15 is 0 Å². The van der Waals surface area contributed by atoms with Crippen molar-refractivity contribution >= 4 is 22.0 Å². The van der Waals surface area contributed by atoms with Gasteiger partial charge < -0.3 is 0 Å². The molecule has 0 bridgehead atoms. The number of benzene rings is 1. The molecule has 86 valence electrons. The molecule has 0 atom stereocenters. The summed E-state index contributed by atoms with van der Waals surface area (Å²) >= 11 is 3.37. The highest BCUT2D eigenvalue weighted by Crippen LogP contribution is 2.24. The lowest BCUT2D eigenvalue weighted by atomic mass is 10.1. The minimum absolute atomic E-state index is 0.0507.